The van der Waals surface area contributed by atoms with E-state index >= 15 is 0 Å². The molecule has 0 aliphatic rings. The molecule has 3 rings (SSSR count). The Balaban J connectivity index is 2.10. The monoisotopic (exact) mass is 427 g/mol. The van der Waals surface area contributed by atoms with Crippen molar-refractivity contribution in [3.8, 4) is 11.5 Å². The molecule has 0 aliphatic carbocycles. The third-order valence-electron chi connectivity index (χ3n) is 4.62. The maximum Gasteiger partial charge on any atom is 0.217 e. The molecule has 2 aromatic heterocycles. The lowest BCUT2D eigenvalue weighted by Gasteiger charge is -2.14. The van der Waals surface area contributed by atoms with E-state index < -0.39 is 5.91 Å². The molecular weight excluding hydrogens is 402 g/mol. The number of phenols is 2. The van der Waals surface area contributed by atoms with Gasteiger partial charge in [0.15, 0.2) is 0 Å². The molecule has 0 aliphatic heterocycles. The number of aryl methyl sites for hydroxylation is 1. The van der Waals surface area contributed by atoms with E-state index in [4.69, 9.17) is 16.5 Å². The number of carbonyl (C=O) groups is 1. The minimum atomic E-state index is -0.394. The summed E-state index contributed by atoms with van der Waals surface area (Å²) in [4.78, 5) is 20.9. The average molecular weight is 428 g/mol. The SMILES string of the molecule is CC(CN)c1nc(CCC(N)=O)n(Cc2ccncc2)c1Sc1cc(O)cc(O)c1. The maximum atomic E-state index is 11.4. The summed E-state index contributed by atoms with van der Waals surface area (Å²) in [6.07, 6.45) is 4.02. The van der Waals surface area contributed by atoms with Gasteiger partial charge in [0.1, 0.15) is 22.3 Å². The summed E-state index contributed by atoms with van der Waals surface area (Å²) in [6.45, 7) is 2.91. The maximum absolute atomic E-state index is 11.4. The molecule has 0 saturated heterocycles. The van der Waals surface area contributed by atoms with Gasteiger partial charge in [-0.15, -0.1) is 0 Å². The topological polar surface area (TPSA) is 140 Å². The van der Waals surface area contributed by atoms with Crippen molar-refractivity contribution in [2.24, 2.45) is 11.5 Å². The fourth-order valence-corrected chi connectivity index (χ4v) is 4.26. The zero-order chi connectivity index (χ0) is 21.7. The van der Waals surface area contributed by atoms with Gasteiger partial charge in [-0.2, -0.15) is 0 Å². The molecule has 0 bridgehead atoms. The zero-order valence-corrected chi connectivity index (χ0v) is 17.5. The molecule has 1 amide bonds. The number of nitrogens with two attached hydrogens (primary N) is 2. The third kappa shape index (κ3) is 5.31. The number of hydrogen-bond acceptors (Lipinski definition) is 7. The lowest BCUT2D eigenvalue weighted by molar-refractivity contribution is -0.118. The third-order valence-corrected chi connectivity index (χ3v) is 5.72. The van der Waals surface area contributed by atoms with Crippen molar-refractivity contribution >= 4 is 17.7 Å². The minimum absolute atomic E-state index is 0.0237. The Morgan fingerprint density at radius 2 is 1.87 bits per heavy atom. The van der Waals surface area contributed by atoms with Gasteiger partial charge >= 0.3 is 0 Å². The first kappa shape index (κ1) is 21.7. The lowest BCUT2D eigenvalue weighted by atomic mass is 10.1. The summed E-state index contributed by atoms with van der Waals surface area (Å²) < 4.78 is 2.03. The molecule has 30 heavy (non-hydrogen) atoms. The van der Waals surface area contributed by atoms with Gasteiger partial charge in [-0.1, -0.05) is 18.7 Å². The molecule has 0 fully saturated rings. The van der Waals surface area contributed by atoms with Crippen LogP contribution in [0.1, 0.15) is 36.3 Å². The molecule has 2 heterocycles. The van der Waals surface area contributed by atoms with E-state index in [0.717, 1.165) is 22.1 Å². The quantitative estimate of drug-likeness (QED) is 0.411. The van der Waals surface area contributed by atoms with E-state index in [0.29, 0.717) is 24.4 Å². The van der Waals surface area contributed by atoms with Crippen molar-refractivity contribution in [2.75, 3.05) is 6.54 Å². The number of benzene rings is 1. The predicted octanol–water partition coefficient (Wildman–Crippen LogP) is 2.37. The van der Waals surface area contributed by atoms with Gasteiger partial charge in [0.2, 0.25) is 5.91 Å². The zero-order valence-electron chi connectivity index (χ0n) is 16.7. The molecule has 0 saturated carbocycles. The van der Waals surface area contributed by atoms with Crippen molar-refractivity contribution in [3.05, 3.63) is 59.8 Å². The molecule has 1 unspecified atom stereocenters. The molecule has 0 radical (unpaired) electrons. The molecule has 9 heteroatoms. The number of carbonyl (C=O) groups excluding carboxylic acids is 1. The highest BCUT2D eigenvalue weighted by molar-refractivity contribution is 7.99. The number of primary amides is 1. The number of nitrogens with zero attached hydrogens (tertiary/aromatic N) is 3. The first-order valence-electron chi connectivity index (χ1n) is 9.54. The van der Waals surface area contributed by atoms with Crippen molar-refractivity contribution in [2.45, 2.75) is 42.1 Å². The summed E-state index contributed by atoms with van der Waals surface area (Å²) in [5.74, 6) is 0.256. The molecule has 158 valence electrons. The van der Waals surface area contributed by atoms with Gasteiger partial charge in [-0.05, 0) is 29.8 Å². The molecule has 6 N–H and O–H groups in total. The number of amides is 1. The van der Waals surface area contributed by atoms with Crippen molar-refractivity contribution in [1.29, 1.82) is 0 Å². The average Bonchev–Trinajstić information content (AvgIpc) is 3.03. The van der Waals surface area contributed by atoms with Gasteiger partial charge in [-0.3, -0.25) is 9.78 Å². The molecule has 1 atom stereocenters. The molecule has 0 spiro atoms. The lowest BCUT2D eigenvalue weighted by Crippen LogP contribution is -2.14. The Kier molecular flexibility index (Phi) is 6.96. The Labute approximate surface area is 179 Å². The second-order valence-corrected chi connectivity index (χ2v) is 8.11. The van der Waals surface area contributed by atoms with Crippen LogP contribution < -0.4 is 11.5 Å². The van der Waals surface area contributed by atoms with Gasteiger partial charge in [0.05, 0.1) is 5.69 Å². The van der Waals surface area contributed by atoms with Crippen molar-refractivity contribution in [1.82, 2.24) is 14.5 Å². The number of imidazole rings is 1. The van der Waals surface area contributed by atoms with Crippen LogP contribution in [0, 0.1) is 0 Å². The smallest absolute Gasteiger partial charge is 0.217 e. The van der Waals surface area contributed by atoms with Crippen LogP contribution in [0.2, 0.25) is 0 Å². The Hall–Kier alpha value is -3.04. The van der Waals surface area contributed by atoms with Gasteiger partial charge in [0, 0.05) is 55.2 Å². The summed E-state index contributed by atoms with van der Waals surface area (Å²) >= 11 is 1.38. The summed E-state index contributed by atoms with van der Waals surface area (Å²) in [6, 6.07) is 8.26. The summed E-state index contributed by atoms with van der Waals surface area (Å²) in [5.41, 5.74) is 13.1. The van der Waals surface area contributed by atoms with Crippen LogP contribution in [0.15, 0.2) is 52.6 Å². The Morgan fingerprint density at radius 1 is 1.20 bits per heavy atom. The minimum Gasteiger partial charge on any atom is -0.508 e. The van der Waals surface area contributed by atoms with Crippen molar-refractivity contribution < 1.29 is 15.0 Å². The van der Waals surface area contributed by atoms with Crippen molar-refractivity contribution in [3.63, 3.8) is 0 Å². The van der Waals surface area contributed by atoms with Crippen LogP contribution in [0.3, 0.4) is 0 Å². The van der Waals surface area contributed by atoms with E-state index in [1.54, 1.807) is 24.5 Å². The number of aromatic nitrogens is 3. The van der Waals surface area contributed by atoms with E-state index in [1.165, 1.54) is 17.8 Å². The highest BCUT2D eigenvalue weighted by Gasteiger charge is 2.22. The van der Waals surface area contributed by atoms with Crippen LogP contribution >= 0.6 is 11.8 Å². The number of aromatic hydroxyl groups is 2. The number of rotatable bonds is 9. The van der Waals surface area contributed by atoms with E-state index in [9.17, 15) is 15.0 Å². The van der Waals surface area contributed by atoms with E-state index in [-0.39, 0.29) is 23.8 Å². The number of phenolic OH excluding ortho intramolecular Hbond substituents is 2. The van der Waals surface area contributed by atoms with Crippen LogP contribution in [-0.4, -0.2) is 37.2 Å². The fraction of sp³-hybridized carbons (Fsp3) is 0.286. The Morgan fingerprint density at radius 3 is 2.47 bits per heavy atom. The fourth-order valence-electron chi connectivity index (χ4n) is 3.04. The predicted molar refractivity (Wildman–Crippen MR) is 114 cm³/mol. The second-order valence-electron chi connectivity index (χ2n) is 7.05. The van der Waals surface area contributed by atoms with Gasteiger partial charge < -0.3 is 26.2 Å². The van der Waals surface area contributed by atoms with Gasteiger partial charge in [-0.25, -0.2) is 4.98 Å². The number of hydrogen-bond donors (Lipinski definition) is 4. The second kappa shape index (κ2) is 9.64. The van der Waals surface area contributed by atoms with E-state index in [2.05, 4.69) is 4.98 Å². The first-order chi connectivity index (χ1) is 14.4. The summed E-state index contributed by atoms with van der Waals surface area (Å²) in [7, 11) is 0. The molecular formula is C21H25N5O3S. The molecule has 1 aromatic carbocycles. The first-order valence-corrected chi connectivity index (χ1v) is 10.4. The van der Waals surface area contributed by atoms with Crippen LogP contribution in [0.5, 0.6) is 11.5 Å². The normalized spacial score (nSPS) is 12.1. The molecule has 8 nitrogen and oxygen atoms in total. The van der Waals surface area contributed by atoms with Crippen LogP contribution in [0.25, 0.3) is 0 Å². The van der Waals surface area contributed by atoms with Gasteiger partial charge in [0.25, 0.3) is 0 Å². The highest BCUT2D eigenvalue weighted by atomic mass is 32.2. The Bertz CT molecular complexity index is 1000. The highest BCUT2D eigenvalue weighted by Crippen LogP contribution is 2.38. The summed E-state index contributed by atoms with van der Waals surface area (Å²) in [5, 5.41) is 20.6. The van der Waals surface area contributed by atoms with Crippen LogP contribution in [0.4, 0.5) is 0 Å². The van der Waals surface area contributed by atoms with E-state index in [1.807, 2.05) is 23.6 Å². The van der Waals surface area contributed by atoms with Crippen LogP contribution in [-0.2, 0) is 17.8 Å². The largest absolute Gasteiger partial charge is 0.508 e. The molecule has 3 aromatic rings. The number of pyridine rings is 1. The standard InChI is InChI=1S/C21H25N5O3S/c1-13(11-22)20-21(30-17-9-15(27)8-16(28)10-17)26(12-14-4-6-24-7-5-14)19(25-20)3-2-18(23)29/h4-10,13,27-28H,2-3,11-12,22H2,1H3,(H2,23,29).